The second-order valence-corrected chi connectivity index (χ2v) is 3.64. The van der Waals surface area contributed by atoms with Gasteiger partial charge in [0.25, 0.3) is 0 Å². The second-order valence-electron chi connectivity index (χ2n) is 3.64. The van der Waals surface area contributed by atoms with E-state index in [2.05, 4.69) is 15.5 Å². The summed E-state index contributed by atoms with van der Waals surface area (Å²) in [6.07, 6.45) is 4.17. The van der Waals surface area contributed by atoms with Gasteiger partial charge in [-0.15, -0.1) is 10.2 Å². The topological polar surface area (TPSA) is 59.8 Å². The molecule has 1 aromatic rings. The molecule has 2 rings (SSSR count). The van der Waals surface area contributed by atoms with Gasteiger partial charge in [-0.25, -0.2) is 0 Å². The van der Waals surface area contributed by atoms with E-state index in [1.54, 1.807) is 6.33 Å². The molecule has 1 N–H and O–H groups in total. The van der Waals surface area contributed by atoms with Crippen molar-refractivity contribution in [1.29, 1.82) is 0 Å². The fraction of sp³-hybridized carbons (Fsp3) is 0.769. The van der Waals surface area contributed by atoms with Gasteiger partial charge in [-0.2, -0.15) is 0 Å². The molecule has 0 aliphatic heterocycles. The molecule has 5 nitrogen and oxygen atoms in total. The summed E-state index contributed by atoms with van der Waals surface area (Å²) in [5, 5.41) is 10.7. The van der Waals surface area contributed by atoms with Gasteiger partial charge in [-0.3, -0.25) is 4.79 Å². The predicted octanol–water partition coefficient (Wildman–Crippen LogP) is 2.34. The molecule has 1 aromatic heterocycles. The van der Waals surface area contributed by atoms with Crippen LogP contribution in [0.1, 0.15) is 59.2 Å². The SMILES string of the molecule is CC.CC.CC(=O)NCCn1cnnc1C1CC1. The van der Waals surface area contributed by atoms with E-state index in [1.165, 1.54) is 19.8 Å². The fourth-order valence-electron chi connectivity index (χ4n) is 1.45. The highest BCUT2D eigenvalue weighted by atomic mass is 16.1. The number of carbonyl (C=O) groups excluding carboxylic acids is 1. The molecule has 0 spiro atoms. The summed E-state index contributed by atoms with van der Waals surface area (Å²) in [7, 11) is 0. The molecule has 0 saturated heterocycles. The van der Waals surface area contributed by atoms with Crippen LogP contribution in [0.5, 0.6) is 0 Å². The van der Waals surface area contributed by atoms with E-state index in [9.17, 15) is 4.79 Å². The van der Waals surface area contributed by atoms with Crippen molar-refractivity contribution in [3.8, 4) is 0 Å². The number of nitrogens with one attached hydrogen (secondary N) is 1. The Morgan fingerprint density at radius 2 is 2.00 bits per heavy atom. The summed E-state index contributed by atoms with van der Waals surface area (Å²) < 4.78 is 2.02. The minimum atomic E-state index is 0.00560. The molecule has 18 heavy (non-hydrogen) atoms. The number of nitrogens with zero attached hydrogens (tertiary/aromatic N) is 3. The summed E-state index contributed by atoms with van der Waals surface area (Å²) in [5.41, 5.74) is 0. The van der Waals surface area contributed by atoms with Crippen LogP contribution in [0.3, 0.4) is 0 Å². The number of carbonyl (C=O) groups is 1. The zero-order valence-electron chi connectivity index (χ0n) is 12.2. The fourth-order valence-corrected chi connectivity index (χ4v) is 1.45. The lowest BCUT2D eigenvalue weighted by molar-refractivity contribution is -0.118. The predicted molar refractivity (Wildman–Crippen MR) is 73.4 cm³/mol. The van der Waals surface area contributed by atoms with Gasteiger partial charge in [0.2, 0.25) is 5.91 Å². The third kappa shape index (κ3) is 5.80. The Morgan fingerprint density at radius 3 is 2.50 bits per heavy atom. The highest BCUT2D eigenvalue weighted by Gasteiger charge is 2.28. The molecule has 1 fully saturated rings. The third-order valence-corrected chi connectivity index (χ3v) is 2.31. The second kappa shape index (κ2) is 9.62. The van der Waals surface area contributed by atoms with Crippen molar-refractivity contribution in [3.05, 3.63) is 12.2 Å². The van der Waals surface area contributed by atoms with Crippen LogP contribution in [0.15, 0.2) is 6.33 Å². The first-order valence-corrected chi connectivity index (χ1v) is 6.89. The molecule has 1 aliphatic rings. The van der Waals surface area contributed by atoms with Crippen LogP contribution < -0.4 is 5.32 Å². The van der Waals surface area contributed by atoms with E-state index in [1.807, 2.05) is 32.3 Å². The lowest BCUT2D eigenvalue weighted by atomic mass is 10.4. The Hall–Kier alpha value is -1.39. The summed E-state index contributed by atoms with van der Waals surface area (Å²) in [6, 6.07) is 0. The summed E-state index contributed by atoms with van der Waals surface area (Å²) in [4.78, 5) is 10.7. The van der Waals surface area contributed by atoms with Crippen LogP contribution >= 0.6 is 0 Å². The first-order chi connectivity index (χ1) is 8.77. The zero-order valence-corrected chi connectivity index (χ0v) is 12.2. The Kier molecular flexibility index (Phi) is 8.88. The van der Waals surface area contributed by atoms with Crippen LogP contribution in [0.4, 0.5) is 0 Å². The van der Waals surface area contributed by atoms with Gasteiger partial charge in [0.1, 0.15) is 12.2 Å². The van der Waals surface area contributed by atoms with E-state index in [0.29, 0.717) is 12.5 Å². The average Bonchev–Trinajstić information content (AvgIpc) is 3.14. The van der Waals surface area contributed by atoms with Crippen molar-refractivity contribution in [1.82, 2.24) is 20.1 Å². The van der Waals surface area contributed by atoms with Crippen LogP contribution in [0.2, 0.25) is 0 Å². The van der Waals surface area contributed by atoms with Gasteiger partial charge in [-0.1, -0.05) is 27.7 Å². The lowest BCUT2D eigenvalue weighted by Crippen LogP contribution is -2.24. The Bertz CT molecular complexity index is 331. The average molecular weight is 254 g/mol. The van der Waals surface area contributed by atoms with Gasteiger partial charge in [0.05, 0.1) is 0 Å². The summed E-state index contributed by atoms with van der Waals surface area (Å²) in [5.74, 6) is 1.68. The molecule has 1 amide bonds. The molecule has 0 atom stereocenters. The Morgan fingerprint density at radius 1 is 1.39 bits per heavy atom. The Labute approximate surface area is 110 Å². The monoisotopic (exact) mass is 254 g/mol. The number of rotatable bonds is 4. The number of hydrogen-bond donors (Lipinski definition) is 1. The first-order valence-electron chi connectivity index (χ1n) is 6.89. The van der Waals surface area contributed by atoms with Gasteiger partial charge >= 0.3 is 0 Å². The van der Waals surface area contributed by atoms with Gasteiger partial charge in [0.15, 0.2) is 0 Å². The molecule has 0 aromatic carbocycles. The number of aromatic nitrogens is 3. The van der Waals surface area contributed by atoms with E-state index in [-0.39, 0.29) is 5.91 Å². The zero-order chi connectivity index (χ0) is 14.0. The largest absolute Gasteiger partial charge is 0.355 e. The normalized spacial score (nSPS) is 12.7. The molecule has 0 unspecified atom stereocenters. The molecule has 1 heterocycles. The maximum Gasteiger partial charge on any atom is 0.216 e. The van der Waals surface area contributed by atoms with E-state index in [4.69, 9.17) is 0 Å². The van der Waals surface area contributed by atoms with Crippen LogP contribution in [0, 0.1) is 0 Å². The quantitative estimate of drug-likeness (QED) is 0.897. The van der Waals surface area contributed by atoms with E-state index < -0.39 is 0 Å². The minimum absolute atomic E-state index is 0.00560. The minimum Gasteiger partial charge on any atom is -0.355 e. The lowest BCUT2D eigenvalue weighted by Gasteiger charge is -2.05. The van der Waals surface area contributed by atoms with Gasteiger partial charge < -0.3 is 9.88 Å². The van der Waals surface area contributed by atoms with Gasteiger partial charge in [-0.05, 0) is 12.8 Å². The van der Waals surface area contributed by atoms with Crippen molar-refractivity contribution in [2.24, 2.45) is 0 Å². The van der Waals surface area contributed by atoms with Crippen LogP contribution in [-0.2, 0) is 11.3 Å². The van der Waals surface area contributed by atoms with Crippen molar-refractivity contribution >= 4 is 5.91 Å². The van der Waals surface area contributed by atoms with E-state index >= 15 is 0 Å². The first kappa shape index (κ1) is 16.6. The highest BCUT2D eigenvalue weighted by molar-refractivity contribution is 5.72. The van der Waals surface area contributed by atoms with E-state index in [0.717, 1.165) is 12.4 Å². The molecule has 1 saturated carbocycles. The summed E-state index contributed by atoms with van der Waals surface area (Å²) >= 11 is 0. The Balaban J connectivity index is 0.000000659. The molecule has 5 heteroatoms. The van der Waals surface area contributed by atoms with Crippen LogP contribution in [0.25, 0.3) is 0 Å². The maximum absolute atomic E-state index is 10.7. The number of amides is 1. The third-order valence-electron chi connectivity index (χ3n) is 2.31. The molecular formula is C13H26N4O. The molecular weight excluding hydrogens is 228 g/mol. The van der Waals surface area contributed by atoms with Crippen molar-refractivity contribution in [3.63, 3.8) is 0 Å². The molecule has 0 bridgehead atoms. The maximum atomic E-state index is 10.7. The van der Waals surface area contributed by atoms with Crippen molar-refractivity contribution in [2.45, 2.75) is 59.9 Å². The number of hydrogen-bond acceptors (Lipinski definition) is 3. The molecule has 104 valence electrons. The van der Waals surface area contributed by atoms with Crippen molar-refractivity contribution < 1.29 is 4.79 Å². The van der Waals surface area contributed by atoms with Crippen LogP contribution in [-0.4, -0.2) is 27.2 Å². The standard InChI is InChI=1S/C9H14N4O.2C2H6/c1-7(14)10-4-5-13-6-11-12-9(13)8-2-3-8;2*1-2/h6,8H,2-5H2,1H3,(H,10,14);2*1-2H3. The molecule has 0 radical (unpaired) electrons. The van der Waals surface area contributed by atoms with Gasteiger partial charge in [0, 0.05) is 25.9 Å². The highest BCUT2D eigenvalue weighted by Crippen LogP contribution is 2.38. The van der Waals surface area contributed by atoms with Crippen molar-refractivity contribution in [2.75, 3.05) is 6.54 Å². The summed E-state index contributed by atoms with van der Waals surface area (Å²) in [6.45, 7) is 10.9. The smallest absolute Gasteiger partial charge is 0.216 e. The molecule has 1 aliphatic carbocycles.